The van der Waals surface area contributed by atoms with Crippen molar-refractivity contribution < 1.29 is 23.8 Å². The number of carboxylic acid groups (broad SMARTS) is 1. The number of carbonyl (C=O) groups is 2. The van der Waals surface area contributed by atoms with Crippen molar-refractivity contribution in [2.45, 2.75) is 31.5 Å². The second-order valence-electron chi connectivity index (χ2n) is 3.50. The fourth-order valence-electron chi connectivity index (χ4n) is 1.80. The Morgan fingerprint density at radius 1 is 1.67 bits per heavy atom. The molecule has 1 saturated heterocycles. The second kappa shape index (κ2) is 4.95. The van der Waals surface area contributed by atoms with E-state index in [0.717, 1.165) is 7.11 Å². The Hall–Kier alpha value is -1.33. The first-order valence-corrected chi connectivity index (χ1v) is 4.77. The van der Waals surface area contributed by atoms with Crippen LogP contribution in [0.3, 0.4) is 0 Å². The summed E-state index contributed by atoms with van der Waals surface area (Å²) >= 11 is 0. The number of amides is 1. The van der Waals surface area contributed by atoms with Crippen molar-refractivity contribution in [3.8, 4) is 0 Å². The maximum atomic E-state index is 13.2. The van der Waals surface area contributed by atoms with Crippen LogP contribution >= 0.6 is 0 Å². The molecule has 6 heteroatoms. The van der Waals surface area contributed by atoms with Crippen LogP contribution in [0.15, 0.2) is 0 Å². The maximum Gasteiger partial charge on any atom is 0.407 e. The van der Waals surface area contributed by atoms with Gasteiger partial charge in [0, 0.05) is 19.0 Å². The van der Waals surface area contributed by atoms with Gasteiger partial charge in [-0.3, -0.25) is 0 Å². The zero-order chi connectivity index (χ0) is 11.4. The summed E-state index contributed by atoms with van der Waals surface area (Å²) in [5.74, 6) is -0.938. The molecule has 86 valence electrons. The van der Waals surface area contributed by atoms with Gasteiger partial charge in [0.05, 0.1) is 7.11 Å². The number of halogens is 1. The van der Waals surface area contributed by atoms with Crippen molar-refractivity contribution >= 4 is 12.1 Å². The molecule has 5 nitrogen and oxygen atoms in total. The van der Waals surface area contributed by atoms with E-state index in [1.807, 2.05) is 0 Å². The molecule has 1 unspecified atom stereocenters. The van der Waals surface area contributed by atoms with Gasteiger partial charge in [0.1, 0.15) is 0 Å². The molecular formula is C9H14FNO4. The number of carbonyl (C=O) groups excluding carboxylic acids is 1. The van der Waals surface area contributed by atoms with E-state index in [0.29, 0.717) is 19.4 Å². The first-order chi connectivity index (χ1) is 7.06. The minimum atomic E-state index is -1.74. The van der Waals surface area contributed by atoms with E-state index in [1.165, 1.54) is 4.90 Å². The zero-order valence-corrected chi connectivity index (χ0v) is 8.48. The number of nitrogens with zero attached hydrogens (tertiary/aromatic N) is 1. The number of methoxy groups -OCH3 is 1. The van der Waals surface area contributed by atoms with Gasteiger partial charge in [-0.05, 0) is 12.8 Å². The highest BCUT2D eigenvalue weighted by Crippen LogP contribution is 2.22. The predicted molar refractivity (Wildman–Crippen MR) is 49.3 cm³/mol. The average Bonchev–Trinajstić information content (AvgIpc) is 2.64. The number of hydrogen-bond acceptors (Lipinski definition) is 3. The molecule has 1 aliphatic rings. The Kier molecular flexibility index (Phi) is 3.88. The van der Waals surface area contributed by atoms with Crippen LogP contribution < -0.4 is 0 Å². The molecular weight excluding hydrogens is 205 g/mol. The summed E-state index contributed by atoms with van der Waals surface area (Å²) in [5.41, 5.74) is 0. The Labute approximate surface area is 86.8 Å². The Morgan fingerprint density at radius 2 is 2.33 bits per heavy atom. The van der Waals surface area contributed by atoms with E-state index in [9.17, 15) is 14.0 Å². The van der Waals surface area contributed by atoms with E-state index in [-0.39, 0.29) is 6.42 Å². The summed E-state index contributed by atoms with van der Waals surface area (Å²) < 4.78 is 17.4. The van der Waals surface area contributed by atoms with Crippen molar-refractivity contribution in [1.82, 2.24) is 4.90 Å². The summed E-state index contributed by atoms with van der Waals surface area (Å²) in [6.07, 6.45) is -1.59. The maximum absolute atomic E-state index is 13.2. The SMILES string of the molecule is COC(=O)C(F)C[C@@H]1CCCN1C(=O)O. The van der Waals surface area contributed by atoms with Crippen LogP contribution in [0.1, 0.15) is 19.3 Å². The van der Waals surface area contributed by atoms with Crippen LogP contribution in [0.2, 0.25) is 0 Å². The fraction of sp³-hybridized carbons (Fsp3) is 0.778. The lowest BCUT2D eigenvalue weighted by Gasteiger charge is -2.22. The van der Waals surface area contributed by atoms with Crippen molar-refractivity contribution in [3.05, 3.63) is 0 Å². The lowest BCUT2D eigenvalue weighted by molar-refractivity contribution is -0.147. The van der Waals surface area contributed by atoms with Gasteiger partial charge in [0.15, 0.2) is 6.17 Å². The highest BCUT2D eigenvalue weighted by Gasteiger charge is 2.33. The topological polar surface area (TPSA) is 66.8 Å². The molecule has 1 N–H and O–H groups in total. The van der Waals surface area contributed by atoms with Gasteiger partial charge >= 0.3 is 12.1 Å². The monoisotopic (exact) mass is 219 g/mol. The third kappa shape index (κ3) is 2.81. The van der Waals surface area contributed by atoms with Crippen molar-refractivity contribution in [1.29, 1.82) is 0 Å². The minimum absolute atomic E-state index is 0.112. The van der Waals surface area contributed by atoms with E-state index < -0.39 is 24.3 Å². The summed E-state index contributed by atoms with van der Waals surface area (Å²) in [6.45, 7) is 0.411. The number of likely N-dealkylation sites (tertiary alicyclic amines) is 1. The molecule has 0 spiro atoms. The van der Waals surface area contributed by atoms with Crippen LogP contribution in [0, 0.1) is 0 Å². The number of alkyl halides is 1. The van der Waals surface area contributed by atoms with Gasteiger partial charge in [-0.2, -0.15) is 0 Å². The highest BCUT2D eigenvalue weighted by atomic mass is 19.1. The van der Waals surface area contributed by atoms with E-state index >= 15 is 0 Å². The lowest BCUT2D eigenvalue weighted by atomic mass is 10.1. The standard InChI is InChI=1S/C9H14FNO4/c1-15-8(12)7(10)5-6-3-2-4-11(6)9(13)14/h6-7H,2-5H2,1H3,(H,13,14)/t6-,7?/m0/s1. The smallest absolute Gasteiger partial charge is 0.407 e. The number of esters is 1. The Morgan fingerprint density at radius 3 is 2.87 bits per heavy atom. The molecule has 2 atom stereocenters. The van der Waals surface area contributed by atoms with Gasteiger partial charge in [-0.25, -0.2) is 14.0 Å². The summed E-state index contributed by atoms with van der Waals surface area (Å²) in [4.78, 5) is 22.7. The van der Waals surface area contributed by atoms with Crippen LogP contribution in [0.25, 0.3) is 0 Å². The normalized spacial score (nSPS) is 22.5. The van der Waals surface area contributed by atoms with Gasteiger partial charge in [0.2, 0.25) is 0 Å². The molecule has 0 aromatic carbocycles. The molecule has 1 amide bonds. The molecule has 1 aliphatic heterocycles. The largest absolute Gasteiger partial charge is 0.467 e. The van der Waals surface area contributed by atoms with Gasteiger partial charge in [-0.1, -0.05) is 0 Å². The van der Waals surface area contributed by atoms with Gasteiger partial charge < -0.3 is 14.7 Å². The lowest BCUT2D eigenvalue weighted by Crippen LogP contribution is -2.37. The summed E-state index contributed by atoms with van der Waals surface area (Å²) in [7, 11) is 1.11. The van der Waals surface area contributed by atoms with E-state index in [2.05, 4.69) is 4.74 Å². The van der Waals surface area contributed by atoms with Crippen LogP contribution in [-0.2, 0) is 9.53 Å². The Balaban J connectivity index is 2.50. The van der Waals surface area contributed by atoms with Gasteiger partial charge in [-0.15, -0.1) is 0 Å². The second-order valence-corrected chi connectivity index (χ2v) is 3.50. The van der Waals surface area contributed by atoms with Crippen molar-refractivity contribution in [2.24, 2.45) is 0 Å². The zero-order valence-electron chi connectivity index (χ0n) is 8.48. The minimum Gasteiger partial charge on any atom is -0.467 e. The first kappa shape index (κ1) is 11.7. The van der Waals surface area contributed by atoms with E-state index in [1.54, 1.807) is 0 Å². The fourth-order valence-corrected chi connectivity index (χ4v) is 1.80. The molecule has 0 aliphatic carbocycles. The van der Waals surface area contributed by atoms with E-state index in [4.69, 9.17) is 5.11 Å². The summed E-state index contributed by atoms with van der Waals surface area (Å²) in [5, 5.41) is 8.78. The first-order valence-electron chi connectivity index (χ1n) is 4.77. The van der Waals surface area contributed by atoms with Crippen molar-refractivity contribution in [3.63, 3.8) is 0 Å². The summed E-state index contributed by atoms with van der Waals surface area (Å²) in [6, 6.07) is -0.406. The molecule has 15 heavy (non-hydrogen) atoms. The van der Waals surface area contributed by atoms with Crippen LogP contribution in [0.4, 0.5) is 9.18 Å². The van der Waals surface area contributed by atoms with Gasteiger partial charge in [0.25, 0.3) is 0 Å². The molecule has 1 heterocycles. The third-order valence-corrected chi connectivity index (χ3v) is 2.56. The highest BCUT2D eigenvalue weighted by molar-refractivity contribution is 5.74. The van der Waals surface area contributed by atoms with Crippen LogP contribution in [0.5, 0.6) is 0 Å². The number of hydrogen-bond donors (Lipinski definition) is 1. The van der Waals surface area contributed by atoms with Crippen LogP contribution in [-0.4, -0.2) is 47.9 Å². The Bertz CT molecular complexity index is 258. The molecule has 0 saturated carbocycles. The molecule has 0 aromatic rings. The third-order valence-electron chi connectivity index (χ3n) is 2.56. The molecule has 0 aromatic heterocycles. The molecule has 1 fully saturated rings. The quantitative estimate of drug-likeness (QED) is 0.720. The molecule has 0 bridgehead atoms. The molecule has 1 rings (SSSR count). The molecule has 0 radical (unpaired) electrons. The predicted octanol–water partition coefficient (Wildman–Crippen LogP) is 1.03. The average molecular weight is 219 g/mol. The number of ether oxygens (including phenoxy) is 1. The number of rotatable bonds is 3. The van der Waals surface area contributed by atoms with Crippen molar-refractivity contribution in [2.75, 3.05) is 13.7 Å².